The van der Waals surface area contributed by atoms with Gasteiger partial charge in [0, 0.05) is 0 Å². The van der Waals surface area contributed by atoms with Gasteiger partial charge in [0.1, 0.15) is 17.3 Å². The Balaban J connectivity index is 2.42. The Hall–Kier alpha value is -1.85. The van der Waals surface area contributed by atoms with Gasteiger partial charge in [0.25, 0.3) is 0 Å². The summed E-state index contributed by atoms with van der Waals surface area (Å²) in [6, 6.07) is 14.6. The van der Waals surface area contributed by atoms with Crippen LogP contribution in [0.4, 0.5) is 0 Å². The van der Waals surface area contributed by atoms with Crippen molar-refractivity contribution in [1.29, 1.82) is 0 Å². The molecule has 0 aliphatic heterocycles. The van der Waals surface area contributed by atoms with Crippen molar-refractivity contribution in [3.8, 4) is 5.75 Å². The van der Waals surface area contributed by atoms with E-state index in [1.165, 1.54) is 6.07 Å². The summed E-state index contributed by atoms with van der Waals surface area (Å²) in [7, 11) is -3.62. The lowest BCUT2D eigenvalue weighted by Gasteiger charge is -2.13. The molecule has 1 N–H and O–H groups in total. The van der Waals surface area contributed by atoms with Crippen LogP contribution in [0.15, 0.2) is 64.4 Å². The van der Waals surface area contributed by atoms with Gasteiger partial charge in [-0.3, -0.25) is 0 Å². The van der Waals surface area contributed by atoms with Gasteiger partial charge in [0.2, 0.25) is 9.84 Å². The summed E-state index contributed by atoms with van der Waals surface area (Å²) in [5, 5.41) is 9.25. The van der Waals surface area contributed by atoms with E-state index in [-0.39, 0.29) is 22.1 Å². The van der Waals surface area contributed by atoms with E-state index >= 15 is 0 Å². The number of hydrogen-bond donors (Lipinski definition) is 1. The smallest absolute Gasteiger partial charge is 0.210 e. The molecule has 2 rings (SSSR count). The van der Waals surface area contributed by atoms with E-state index < -0.39 is 15.9 Å². The third-order valence-electron chi connectivity index (χ3n) is 2.67. The van der Waals surface area contributed by atoms with Crippen LogP contribution in [-0.4, -0.2) is 26.2 Å². The van der Waals surface area contributed by atoms with E-state index in [2.05, 4.69) is 0 Å². The van der Waals surface area contributed by atoms with Crippen LogP contribution >= 0.6 is 0 Å². The van der Waals surface area contributed by atoms with Gasteiger partial charge in [0.05, 0.1) is 11.0 Å². The molecule has 0 bridgehead atoms. The van der Waals surface area contributed by atoms with E-state index in [0.717, 1.165) is 0 Å². The van der Waals surface area contributed by atoms with Crippen LogP contribution in [0.5, 0.6) is 5.75 Å². The molecule has 2 aromatic carbocycles. The summed E-state index contributed by atoms with van der Waals surface area (Å²) >= 11 is 0. The summed E-state index contributed by atoms with van der Waals surface area (Å²) in [6.07, 6.45) is -0.664. The fourth-order valence-electron chi connectivity index (χ4n) is 1.73. The number of aliphatic hydroxyl groups is 1. The van der Waals surface area contributed by atoms with Crippen molar-refractivity contribution >= 4 is 9.84 Å². The highest BCUT2D eigenvalue weighted by atomic mass is 32.2. The third-order valence-corrected chi connectivity index (χ3v) is 4.48. The Labute approximate surface area is 118 Å². The van der Waals surface area contributed by atoms with Crippen LogP contribution in [0.3, 0.4) is 0 Å². The Morgan fingerprint density at radius 3 is 2.30 bits per heavy atom. The Morgan fingerprint density at radius 1 is 1.05 bits per heavy atom. The SMILES string of the molecule is CC(O)COc1ccccc1S(=O)(=O)c1ccccc1. The van der Waals surface area contributed by atoms with Crippen LogP contribution in [0.25, 0.3) is 0 Å². The molecule has 5 heteroatoms. The first-order chi connectivity index (χ1) is 9.51. The number of rotatable bonds is 5. The number of ether oxygens (including phenoxy) is 1. The van der Waals surface area contributed by atoms with Crippen molar-refractivity contribution in [3.63, 3.8) is 0 Å². The molecule has 0 aromatic heterocycles. The highest BCUT2D eigenvalue weighted by Gasteiger charge is 2.21. The zero-order valence-electron chi connectivity index (χ0n) is 11.1. The standard InChI is InChI=1S/C15H16O4S/c1-12(16)11-19-14-9-5-6-10-15(14)20(17,18)13-7-3-2-4-8-13/h2-10,12,16H,11H2,1H3. The predicted molar refractivity (Wildman–Crippen MR) is 75.5 cm³/mol. The summed E-state index contributed by atoms with van der Waals surface area (Å²) in [5.41, 5.74) is 0. The lowest BCUT2D eigenvalue weighted by atomic mass is 10.3. The van der Waals surface area contributed by atoms with Crippen molar-refractivity contribution in [3.05, 3.63) is 54.6 Å². The fourth-order valence-corrected chi connectivity index (χ4v) is 3.15. The van der Waals surface area contributed by atoms with E-state index in [1.54, 1.807) is 55.5 Å². The molecular weight excluding hydrogens is 276 g/mol. The quantitative estimate of drug-likeness (QED) is 0.918. The number of para-hydroxylation sites is 1. The van der Waals surface area contributed by atoms with Crippen LogP contribution in [-0.2, 0) is 9.84 Å². The minimum atomic E-state index is -3.62. The van der Waals surface area contributed by atoms with Crippen molar-refractivity contribution in [2.45, 2.75) is 22.8 Å². The average Bonchev–Trinajstić information content (AvgIpc) is 2.46. The first-order valence-electron chi connectivity index (χ1n) is 6.22. The molecule has 0 saturated carbocycles. The van der Waals surface area contributed by atoms with Crippen molar-refractivity contribution < 1.29 is 18.3 Å². The molecule has 0 saturated heterocycles. The second-order valence-corrected chi connectivity index (χ2v) is 6.34. The summed E-state index contributed by atoms with van der Waals surface area (Å²) in [4.78, 5) is 0.319. The number of benzene rings is 2. The Morgan fingerprint density at radius 2 is 1.65 bits per heavy atom. The molecule has 0 amide bonds. The molecule has 0 heterocycles. The zero-order valence-corrected chi connectivity index (χ0v) is 11.9. The Bertz CT molecular complexity index is 663. The van der Waals surface area contributed by atoms with Crippen LogP contribution in [0.2, 0.25) is 0 Å². The highest BCUT2D eigenvalue weighted by Crippen LogP contribution is 2.29. The molecule has 106 valence electrons. The van der Waals surface area contributed by atoms with Crippen molar-refractivity contribution in [1.82, 2.24) is 0 Å². The van der Waals surface area contributed by atoms with Crippen LogP contribution in [0.1, 0.15) is 6.92 Å². The molecule has 4 nitrogen and oxygen atoms in total. The normalized spacial score (nSPS) is 12.9. The van der Waals surface area contributed by atoms with Gasteiger partial charge in [0.15, 0.2) is 0 Å². The average molecular weight is 292 g/mol. The van der Waals surface area contributed by atoms with Crippen LogP contribution in [0, 0.1) is 0 Å². The summed E-state index contributed by atoms with van der Waals surface area (Å²) in [5.74, 6) is 0.247. The second kappa shape index (κ2) is 6.07. The van der Waals surface area contributed by atoms with Gasteiger partial charge in [-0.05, 0) is 31.2 Å². The number of aliphatic hydroxyl groups excluding tert-OH is 1. The maximum atomic E-state index is 12.6. The topological polar surface area (TPSA) is 63.6 Å². The molecule has 0 radical (unpaired) electrons. The van der Waals surface area contributed by atoms with Gasteiger partial charge >= 0.3 is 0 Å². The molecule has 0 spiro atoms. The lowest BCUT2D eigenvalue weighted by molar-refractivity contribution is 0.121. The maximum absolute atomic E-state index is 12.6. The largest absolute Gasteiger partial charge is 0.490 e. The molecule has 0 aliphatic carbocycles. The zero-order chi connectivity index (χ0) is 14.6. The molecule has 1 atom stereocenters. The first kappa shape index (κ1) is 14.6. The molecule has 0 aliphatic rings. The summed E-state index contributed by atoms with van der Waals surface area (Å²) < 4.78 is 30.5. The lowest BCUT2D eigenvalue weighted by Crippen LogP contribution is -2.14. The molecule has 0 fully saturated rings. The molecular formula is C15H16O4S. The van der Waals surface area contributed by atoms with E-state index in [0.29, 0.717) is 0 Å². The van der Waals surface area contributed by atoms with Gasteiger partial charge in [-0.25, -0.2) is 8.42 Å². The van der Waals surface area contributed by atoms with Gasteiger partial charge in [-0.1, -0.05) is 30.3 Å². The highest BCUT2D eigenvalue weighted by molar-refractivity contribution is 7.91. The number of sulfone groups is 1. The Kier molecular flexibility index (Phi) is 4.42. The van der Waals surface area contributed by atoms with Crippen molar-refractivity contribution in [2.24, 2.45) is 0 Å². The molecule has 2 aromatic rings. The van der Waals surface area contributed by atoms with E-state index in [4.69, 9.17) is 4.74 Å². The minimum Gasteiger partial charge on any atom is -0.490 e. The van der Waals surface area contributed by atoms with E-state index in [1.807, 2.05) is 0 Å². The third kappa shape index (κ3) is 3.18. The minimum absolute atomic E-state index is 0.0430. The number of hydrogen-bond acceptors (Lipinski definition) is 4. The fraction of sp³-hybridized carbons (Fsp3) is 0.200. The molecule has 20 heavy (non-hydrogen) atoms. The van der Waals surface area contributed by atoms with Gasteiger partial charge < -0.3 is 9.84 Å². The van der Waals surface area contributed by atoms with Gasteiger partial charge in [-0.15, -0.1) is 0 Å². The molecule has 1 unspecified atom stereocenters. The van der Waals surface area contributed by atoms with Crippen LogP contribution < -0.4 is 4.74 Å². The summed E-state index contributed by atoms with van der Waals surface area (Å²) in [6.45, 7) is 1.62. The van der Waals surface area contributed by atoms with Crippen molar-refractivity contribution in [2.75, 3.05) is 6.61 Å². The first-order valence-corrected chi connectivity index (χ1v) is 7.70. The second-order valence-electron chi connectivity index (χ2n) is 4.42. The van der Waals surface area contributed by atoms with Gasteiger partial charge in [-0.2, -0.15) is 0 Å². The van der Waals surface area contributed by atoms with E-state index in [9.17, 15) is 13.5 Å². The predicted octanol–water partition coefficient (Wildman–Crippen LogP) is 2.28. The maximum Gasteiger partial charge on any atom is 0.210 e. The monoisotopic (exact) mass is 292 g/mol.